The Hall–Kier alpha value is -2.46. The zero-order valence-electron chi connectivity index (χ0n) is 12.4. The fourth-order valence-electron chi connectivity index (χ4n) is 1.98. The second-order valence-corrected chi connectivity index (χ2v) is 7.57. The van der Waals surface area contributed by atoms with Crippen molar-refractivity contribution in [3.05, 3.63) is 60.2 Å². The zero-order chi connectivity index (χ0) is 18.1. The van der Waals surface area contributed by atoms with Gasteiger partial charge in [0.15, 0.2) is 0 Å². The summed E-state index contributed by atoms with van der Waals surface area (Å²) < 4.78 is 64.9. The third-order valence-corrected chi connectivity index (χ3v) is 5.49. The van der Waals surface area contributed by atoms with Crippen molar-refractivity contribution >= 4 is 26.5 Å². The van der Waals surface area contributed by atoms with Gasteiger partial charge in [-0.25, -0.2) is 8.42 Å². The third kappa shape index (κ3) is 3.97. The van der Waals surface area contributed by atoms with Gasteiger partial charge in [0.1, 0.15) is 5.01 Å². The molecular weight excluding hydrogens is 375 g/mol. The average Bonchev–Trinajstić information content (AvgIpc) is 3.03. The maximum Gasteiger partial charge on any atom is 0.416 e. The van der Waals surface area contributed by atoms with E-state index >= 15 is 0 Å². The third-order valence-electron chi connectivity index (χ3n) is 3.14. The molecule has 2 aromatic carbocycles. The number of nitrogens with zero attached hydrogens (tertiary/aromatic N) is 2. The summed E-state index contributed by atoms with van der Waals surface area (Å²) in [7, 11) is -4.21. The van der Waals surface area contributed by atoms with Gasteiger partial charge in [-0.15, -0.1) is 10.2 Å². The molecule has 0 aliphatic carbocycles. The van der Waals surface area contributed by atoms with Crippen LogP contribution in [0.2, 0.25) is 0 Å². The van der Waals surface area contributed by atoms with Crippen molar-refractivity contribution in [1.29, 1.82) is 0 Å². The molecule has 0 fully saturated rings. The molecule has 1 aromatic heterocycles. The first-order valence-electron chi connectivity index (χ1n) is 6.85. The van der Waals surface area contributed by atoms with E-state index in [2.05, 4.69) is 14.9 Å². The maximum atomic E-state index is 12.7. The highest BCUT2D eigenvalue weighted by Crippen LogP contribution is 2.31. The summed E-state index contributed by atoms with van der Waals surface area (Å²) >= 11 is 0.983. The summed E-state index contributed by atoms with van der Waals surface area (Å²) in [6.07, 6.45) is -4.63. The van der Waals surface area contributed by atoms with E-state index in [1.54, 1.807) is 24.3 Å². The molecule has 1 N–H and O–H groups in total. The van der Waals surface area contributed by atoms with E-state index in [9.17, 15) is 21.6 Å². The Balaban J connectivity index is 1.87. The molecule has 5 nitrogen and oxygen atoms in total. The van der Waals surface area contributed by atoms with E-state index in [0.29, 0.717) is 11.1 Å². The standard InChI is InChI=1S/C15H10F3N3O2S2/c16-15(17,18)11-7-4-8-12(9-11)25(22,23)21-14-20-19-13(24-14)10-5-2-1-3-6-10/h1-9H,(H,20,21). The van der Waals surface area contributed by atoms with Crippen LogP contribution in [0, 0.1) is 0 Å². The molecule has 0 saturated carbocycles. The van der Waals surface area contributed by atoms with E-state index in [4.69, 9.17) is 0 Å². The van der Waals surface area contributed by atoms with Crippen LogP contribution in [0.1, 0.15) is 5.56 Å². The summed E-state index contributed by atoms with van der Waals surface area (Å²) in [5.41, 5.74) is -0.290. The molecule has 10 heteroatoms. The number of hydrogen-bond donors (Lipinski definition) is 1. The molecule has 0 saturated heterocycles. The number of aromatic nitrogens is 2. The van der Waals surface area contributed by atoms with Gasteiger partial charge in [-0.2, -0.15) is 13.2 Å². The molecule has 3 rings (SSSR count). The molecule has 0 aliphatic rings. The van der Waals surface area contributed by atoms with Crippen molar-refractivity contribution in [1.82, 2.24) is 10.2 Å². The molecule has 1 heterocycles. The van der Waals surface area contributed by atoms with Crippen molar-refractivity contribution in [2.45, 2.75) is 11.1 Å². The lowest BCUT2D eigenvalue weighted by atomic mass is 10.2. The second-order valence-electron chi connectivity index (χ2n) is 4.91. The van der Waals surface area contributed by atoms with Crippen molar-refractivity contribution in [2.75, 3.05) is 4.72 Å². The first-order chi connectivity index (χ1) is 11.8. The van der Waals surface area contributed by atoms with Gasteiger partial charge in [0.25, 0.3) is 10.0 Å². The van der Waals surface area contributed by atoms with Crippen LogP contribution in [0.3, 0.4) is 0 Å². The molecular formula is C15H10F3N3O2S2. The molecule has 0 amide bonds. The maximum absolute atomic E-state index is 12.7. The topological polar surface area (TPSA) is 72.0 Å². The Morgan fingerprint density at radius 1 is 0.960 bits per heavy atom. The Morgan fingerprint density at radius 3 is 2.36 bits per heavy atom. The van der Waals surface area contributed by atoms with E-state index in [1.165, 1.54) is 0 Å². The minimum Gasteiger partial charge on any atom is -0.253 e. The summed E-state index contributed by atoms with van der Waals surface area (Å²) in [6.45, 7) is 0. The molecule has 130 valence electrons. The Bertz CT molecular complexity index is 987. The number of benzene rings is 2. The average molecular weight is 385 g/mol. The van der Waals surface area contributed by atoms with Crippen LogP contribution >= 0.6 is 11.3 Å². The molecule has 0 radical (unpaired) electrons. The van der Waals surface area contributed by atoms with Gasteiger partial charge in [0, 0.05) is 5.56 Å². The second kappa shape index (κ2) is 6.45. The van der Waals surface area contributed by atoms with Crippen LogP contribution in [0.5, 0.6) is 0 Å². The Labute approximate surface area is 145 Å². The molecule has 0 aliphatic heterocycles. The summed E-state index contributed by atoms with van der Waals surface area (Å²) in [4.78, 5) is -0.501. The number of rotatable bonds is 4. The van der Waals surface area contributed by atoms with Crippen molar-refractivity contribution in [3.8, 4) is 10.6 Å². The van der Waals surface area contributed by atoms with Gasteiger partial charge >= 0.3 is 6.18 Å². The van der Waals surface area contributed by atoms with Crippen LogP contribution in [0.4, 0.5) is 18.3 Å². The minimum absolute atomic E-state index is 0.0312. The highest BCUT2D eigenvalue weighted by molar-refractivity contribution is 7.93. The fourth-order valence-corrected chi connectivity index (χ4v) is 4.00. The summed E-state index contributed by atoms with van der Waals surface area (Å²) in [5, 5.41) is 8.07. The molecule has 0 unspecified atom stereocenters. The predicted octanol–water partition coefficient (Wildman–Crippen LogP) is 4.02. The van der Waals surface area contributed by atoms with Crippen molar-refractivity contribution in [3.63, 3.8) is 0 Å². The van der Waals surface area contributed by atoms with E-state index in [0.717, 1.165) is 35.1 Å². The van der Waals surface area contributed by atoms with E-state index in [-0.39, 0.29) is 5.13 Å². The molecule has 3 aromatic rings. The zero-order valence-corrected chi connectivity index (χ0v) is 14.0. The number of halogens is 3. The van der Waals surface area contributed by atoms with E-state index in [1.807, 2.05) is 6.07 Å². The SMILES string of the molecule is O=S(=O)(Nc1nnc(-c2ccccc2)s1)c1cccc(C(F)(F)F)c1. The number of hydrogen-bond acceptors (Lipinski definition) is 5. The number of sulfonamides is 1. The van der Waals surface area contributed by atoms with Crippen LogP contribution in [0.25, 0.3) is 10.6 Å². The molecule has 0 atom stereocenters. The first kappa shape index (κ1) is 17.4. The van der Waals surface area contributed by atoms with Gasteiger partial charge < -0.3 is 0 Å². The summed E-state index contributed by atoms with van der Waals surface area (Å²) in [5.74, 6) is 0. The molecule has 0 spiro atoms. The monoisotopic (exact) mass is 385 g/mol. The summed E-state index contributed by atoms with van der Waals surface area (Å²) in [6, 6.07) is 12.5. The fraction of sp³-hybridized carbons (Fsp3) is 0.0667. The van der Waals surface area contributed by atoms with Crippen molar-refractivity contribution < 1.29 is 21.6 Å². The minimum atomic E-state index is -4.63. The lowest BCUT2D eigenvalue weighted by Crippen LogP contribution is -2.14. The normalized spacial score (nSPS) is 12.1. The van der Waals surface area contributed by atoms with Gasteiger partial charge in [-0.1, -0.05) is 47.7 Å². The van der Waals surface area contributed by atoms with Gasteiger partial charge in [0.05, 0.1) is 10.5 Å². The Kier molecular flexibility index (Phi) is 4.48. The number of anilines is 1. The number of alkyl halides is 3. The largest absolute Gasteiger partial charge is 0.416 e. The van der Waals surface area contributed by atoms with Gasteiger partial charge in [-0.3, -0.25) is 4.72 Å². The molecule has 0 bridgehead atoms. The lowest BCUT2D eigenvalue weighted by molar-refractivity contribution is -0.137. The van der Waals surface area contributed by atoms with Crippen LogP contribution in [0.15, 0.2) is 59.5 Å². The highest BCUT2D eigenvalue weighted by atomic mass is 32.2. The highest BCUT2D eigenvalue weighted by Gasteiger charge is 2.31. The lowest BCUT2D eigenvalue weighted by Gasteiger charge is -2.09. The quantitative estimate of drug-likeness (QED) is 0.736. The smallest absolute Gasteiger partial charge is 0.253 e. The van der Waals surface area contributed by atoms with Crippen molar-refractivity contribution in [2.24, 2.45) is 0 Å². The van der Waals surface area contributed by atoms with Crippen LogP contribution < -0.4 is 4.72 Å². The van der Waals surface area contributed by atoms with E-state index < -0.39 is 26.7 Å². The van der Waals surface area contributed by atoms with Crippen LogP contribution in [-0.2, 0) is 16.2 Å². The molecule has 25 heavy (non-hydrogen) atoms. The first-order valence-corrected chi connectivity index (χ1v) is 9.15. The Morgan fingerprint density at radius 2 is 1.68 bits per heavy atom. The van der Waals surface area contributed by atoms with Crippen LogP contribution in [-0.4, -0.2) is 18.6 Å². The predicted molar refractivity (Wildman–Crippen MR) is 87.6 cm³/mol. The van der Waals surface area contributed by atoms with Gasteiger partial charge in [-0.05, 0) is 18.2 Å². The number of nitrogens with one attached hydrogen (secondary N) is 1. The van der Waals surface area contributed by atoms with Gasteiger partial charge in [0.2, 0.25) is 5.13 Å².